The van der Waals surface area contributed by atoms with E-state index in [1.54, 1.807) is 17.5 Å². The first-order valence-electron chi connectivity index (χ1n) is 6.26. The maximum atomic E-state index is 12.9. The van der Waals surface area contributed by atoms with Crippen molar-refractivity contribution in [1.82, 2.24) is 9.38 Å². The van der Waals surface area contributed by atoms with Crippen molar-refractivity contribution in [3.8, 4) is 0 Å². The number of benzene rings is 1. The van der Waals surface area contributed by atoms with E-state index < -0.39 is 0 Å². The van der Waals surface area contributed by atoms with Crippen LogP contribution >= 0.6 is 15.9 Å². The third-order valence-electron chi connectivity index (χ3n) is 3.07. The van der Waals surface area contributed by atoms with Gasteiger partial charge in [-0.05, 0) is 59.3 Å². The van der Waals surface area contributed by atoms with Crippen LogP contribution in [0.3, 0.4) is 0 Å². The molecule has 2 aromatic heterocycles. The molecule has 4 nitrogen and oxygen atoms in total. The Morgan fingerprint density at radius 1 is 1.24 bits per heavy atom. The van der Waals surface area contributed by atoms with Gasteiger partial charge in [-0.1, -0.05) is 0 Å². The highest BCUT2D eigenvalue weighted by Crippen LogP contribution is 2.18. The molecule has 0 aliphatic heterocycles. The fourth-order valence-electron chi connectivity index (χ4n) is 2.13. The summed E-state index contributed by atoms with van der Waals surface area (Å²) >= 11 is 3.38. The van der Waals surface area contributed by atoms with Gasteiger partial charge in [0.05, 0.1) is 5.69 Å². The van der Waals surface area contributed by atoms with E-state index in [0.29, 0.717) is 22.7 Å². The van der Waals surface area contributed by atoms with Crippen molar-refractivity contribution in [2.24, 2.45) is 0 Å². The highest BCUT2D eigenvalue weighted by atomic mass is 79.9. The number of rotatable bonds is 2. The molecule has 0 bridgehead atoms. The minimum Gasteiger partial charge on any atom is -0.321 e. The number of nitrogens with one attached hydrogen (secondary N) is 1. The van der Waals surface area contributed by atoms with Crippen molar-refractivity contribution in [3.63, 3.8) is 0 Å². The summed E-state index contributed by atoms with van der Waals surface area (Å²) in [6, 6.07) is 9.32. The average Bonchev–Trinajstić information content (AvgIpc) is 2.76. The quantitative estimate of drug-likeness (QED) is 0.766. The van der Waals surface area contributed by atoms with Crippen molar-refractivity contribution in [1.29, 1.82) is 0 Å². The van der Waals surface area contributed by atoms with Crippen molar-refractivity contribution in [3.05, 3.63) is 64.3 Å². The summed E-state index contributed by atoms with van der Waals surface area (Å²) < 4.78 is 15.5. The SMILES string of the molecule is Cc1nc2ccc(Br)cn2c1C(=O)Nc1ccc(F)cc1. The predicted molar refractivity (Wildman–Crippen MR) is 82.0 cm³/mol. The van der Waals surface area contributed by atoms with Crippen LogP contribution in [0.1, 0.15) is 16.2 Å². The standard InChI is InChI=1S/C15H11BrFN3O/c1-9-14(20-8-10(16)2-7-13(20)18-9)15(21)19-12-5-3-11(17)4-6-12/h2-8H,1H3,(H,19,21). The number of hydrogen-bond donors (Lipinski definition) is 1. The highest BCUT2D eigenvalue weighted by Gasteiger charge is 2.16. The van der Waals surface area contributed by atoms with E-state index in [0.717, 1.165) is 4.47 Å². The number of fused-ring (bicyclic) bond motifs is 1. The molecule has 0 saturated heterocycles. The zero-order valence-electron chi connectivity index (χ0n) is 11.1. The fourth-order valence-corrected chi connectivity index (χ4v) is 2.47. The van der Waals surface area contributed by atoms with Crippen molar-refractivity contribution in [2.45, 2.75) is 6.92 Å². The Kier molecular flexibility index (Phi) is 3.47. The largest absolute Gasteiger partial charge is 0.321 e. The zero-order valence-corrected chi connectivity index (χ0v) is 12.7. The number of carbonyl (C=O) groups is 1. The van der Waals surface area contributed by atoms with Gasteiger partial charge in [-0.15, -0.1) is 0 Å². The number of amides is 1. The molecule has 0 radical (unpaired) electrons. The maximum absolute atomic E-state index is 12.9. The summed E-state index contributed by atoms with van der Waals surface area (Å²) in [7, 11) is 0. The van der Waals surface area contributed by atoms with Gasteiger partial charge in [0.15, 0.2) is 0 Å². The van der Waals surface area contributed by atoms with E-state index in [2.05, 4.69) is 26.2 Å². The van der Waals surface area contributed by atoms with Crippen LogP contribution in [0.5, 0.6) is 0 Å². The lowest BCUT2D eigenvalue weighted by atomic mass is 10.2. The number of nitrogens with zero attached hydrogens (tertiary/aromatic N) is 2. The van der Waals surface area contributed by atoms with Gasteiger partial charge < -0.3 is 5.32 Å². The number of hydrogen-bond acceptors (Lipinski definition) is 2. The Morgan fingerprint density at radius 3 is 2.67 bits per heavy atom. The lowest BCUT2D eigenvalue weighted by Gasteiger charge is -2.06. The summed E-state index contributed by atoms with van der Waals surface area (Å²) in [6.07, 6.45) is 1.79. The highest BCUT2D eigenvalue weighted by molar-refractivity contribution is 9.10. The average molecular weight is 348 g/mol. The molecule has 2 heterocycles. The van der Waals surface area contributed by atoms with Crippen LogP contribution < -0.4 is 5.32 Å². The summed E-state index contributed by atoms with van der Waals surface area (Å²) in [5.41, 5.74) is 2.31. The number of carbonyl (C=O) groups excluding carboxylic acids is 1. The van der Waals surface area contributed by atoms with Crippen molar-refractivity contribution < 1.29 is 9.18 Å². The minimum absolute atomic E-state index is 0.287. The molecule has 3 aromatic rings. The molecule has 0 spiro atoms. The Labute approximate surface area is 128 Å². The van der Waals surface area contributed by atoms with Crippen LogP contribution in [-0.2, 0) is 0 Å². The second-order valence-corrected chi connectivity index (χ2v) is 5.50. The van der Waals surface area contributed by atoms with Crippen LogP contribution in [-0.4, -0.2) is 15.3 Å². The van der Waals surface area contributed by atoms with Gasteiger partial charge in [0.1, 0.15) is 17.2 Å². The smallest absolute Gasteiger partial charge is 0.274 e. The van der Waals surface area contributed by atoms with E-state index in [1.807, 2.05) is 12.1 Å². The van der Waals surface area contributed by atoms with Crippen LogP contribution in [0, 0.1) is 12.7 Å². The van der Waals surface area contributed by atoms with E-state index in [1.165, 1.54) is 24.3 Å². The Morgan fingerprint density at radius 2 is 1.95 bits per heavy atom. The van der Waals surface area contributed by atoms with E-state index in [9.17, 15) is 9.18 Å². The molecule has 1 amide bonds. The summed E-state index contributed by atoms with van der Waals surface area (Å²) in [5, 5.41) is 2.74. The maximum Gasteiger partial charge on any atom is 0.274 e. The van der Waals surface area contributed by atoms with Crippen molar-refractivity contribution >= 4 is 33.2 Å². The molecule has 0 aliphatic rings. The molecule has 0 unspecified atom stereocenters. The normalized spacial score (nSPS) is 10.8. The molecule has 6 heteroatoms. The lowest BCUT2D eigenvalue weighted by Crippen LogP contribution is -2.15. The van der Waals surface area contributed by atoms with Crippen LogP contribution in [0.2, 0.25) is 0 Å². The molecule has 21 heavy (non-hydrogen) atoms. The van der Waals surface area contributed by atoms with Gasteiger partial charge in [-0.25, -0.2) is 9.37 Å². The van der Waals surface area contributed by atoms with Crippen LogP contribution in [0.4, 0.5) is 10.1 Å². The third-order valence-corrected chi connectivity index (χ3v) is 3.54. The second-order valence-electron chi connectivity index (χ2n) is 4.58. The molecule has 1 aromatic carbocycles. The molecule has 0 fully saturated rings. The molecule has 0 saturated carbocycles. The number of anilines is 1. The summed E-state index contributed by atoms with van der Waals surface area (Å²) in [4.78, 5) is 16.8. The molecule has 3 rings (SSSR count). The molecule has 1 N–H and O–H groups in total. The Bertz CT molecular complexity index is 827. The topological polar surface area (TPSA) is 46.4 Å². The number of pyridine rings is 1. The molecular formula is C15H11BrFN3O. The number of aryl methyl sites for hydroxylation is 1. The van der Waals surface area contributed by atoms with E-state index >= 15 is 0 Å². The first-order valence-corrected chi connectivity index (χ1v) is 7.05. The number of aromatic nitrogens is 2. The van der Waals surface area contributed by atoms with Gasteiger partial charge in [-0.3, -0.25) is 9.20 Å². The molecule has 0 aliphatic carbocycles. The monoisotopic (exact) mass is 347 g/mol. The molecule has 0 atom stereocenters. The van der Waals surface area contributed by atoms with Gasteiger partial charge in [0.25, 0.3) is 5.91 Å². The Balaban J connectivity index is 1.99. The number of imidazole rings is 1. The van der Waals surface area contributed by atoms with Crippen LogP contribution in [0.15, 0.2) is 47.1 Å². The van der Waals surface area contributed by atoms with Gasteiger partial charge in [0, 0.05) is 16.4 Å². The first-order chi connectivity index (χ1) is 10.0. The van der Waals surface area contributed by atoms with Crippen molar-refractivity contribution in [2.75, 3.05) is 5.32 Å². The van der Waals surface area contributed by atoms with Gasteiger partial charge >= 0.3 is 0 Å². The number of halogens is 2. The third kappa shape index (κ3) is 2.67. The fraction of sp³-hybridized carbons (Fsp3) is 0.0667. The predicted octanol–water partition coefficient (Wildman–Crippen LogP) is 3.80. The van der Waals surface area contributed by atoms with Crippen LogP contribution in [0.25, 0.3) is 5.65 Å². The summed E-state index contributed by atoms with van der Waals surface area (Å²) in [5.74, 6) is -0.632. The molecule has 106 valence electrons. The van der Waals surface area contributed by atoms with E-state index in [-0.39, 0.29) is 11.7 Å². The second kappa shape index (κ2) is 5.29. The van der Waals surface area contributed by atoms with Gasteiger partial charge in [-0.2, -0.15) is 0 Å². The minimum atomic E-state index is -0.345. The Hall–Kier alpha value is -2.21. The van der Waals surface area contributed by atoms with Gasteiger partial charge in [0.2, 0.25) is 0 Å². The molecular weight excluding hydrogens is 337 g/mol. The first kappa shape index (κ1) is 13.8. The lowest BCUT2D eigenvalue weighted by molar-refractivity contribution is 0.102. The summed E-state index contributed by atoms with van der Waals surface area (Å²) in [6.45, 7) is 1.78. The van der Waals surface area contributed by atoms with E-state index in [4.69, 9.17) is 0 Å². The zero-order chi connectivity index (χ0) is 15.0.